The van der Waals surface area contributed by atoms with Crippen LogP contribution in [0, 0.1) is 36.5 Å². The lowest BCUT2D eigenvalue weighted by Gasteiger charge is -2.29. The third-order valence-electron chi connectivity index (χ3n) is 16.7. The van der Waals surface area contributed by atoms with E-state index in [1.165, 1.54) is 39.0 Å². The minimum absolute atomic E-state index is 0.586. The first-order valence-electron chi connectivity index (χ1n) is 28.3. The second-order valence-electron chi connectivity index (χ2n) is 23.5. The Morgan fingerprint density at radius 2 is 0.841 bits per heavy atom. The highest BCUT2D eigenvalue weighted by Gasteiger charge is 2.27. The largest absolute Gasteiger partial charge is 0.453 e. The van der Waals surface area contributed by atoms with E-state index in [0.29, 0.717) is 11.1 Å². The van der Waals surface area contributed by atoms with Crippen LogP contribution >= 0.6 is 0 Å². The second-order valence-corrected chi connectivity index (χ2v) is 31.8. The summed E-state index contributed by atoms with van der Waals surface area (Å²) < 4.78 is 14.5. The summed E-state index contributed by atoms with van der Waals surface area (Å²) in [5, 5.41) is 32.3. The number of fused-ring (bicyclic) bond motifs is 6. The van der Waals surface area contributed by atoms with Gasteiger partial charge in [-0.3, -0.25) is 0 Å². The van der Waals surface area contributed by atoms with Gasteiger partial charge in [0.15, 0.2) is 11.2 Å². The monoisotopic (exact) mass is 1090 g/mol. The van der Waals surface area contributed by atoms with Crippen molar-refractivity contribution in [3.8, 4) is 34.4 Å². The van der Waals surface area contributed by atoms with E-state index in [-0.39, 0.29) is 0 Å². The van der Waals surface area contributed by atoms with E-state index in [1.54, 1.807) is 0 Å². The molecule has 0 saturated carbocycles. The lowest BCUT2D eigenvalue weighted by atomic mass is 9.91. The minimum atomic E-state index is -1.53. The Morgan fingerprint density at radius 1 is 0.415 bits per heavy atom. The number of benzene rings is 12. The predicted molar refractivity (Wildman–Crippen MR) is 349 cm³/mol. The van der Waals surface area contributed by atoms with Gasteiger partial charge in [0.05, 0.1) is 54.1 Å². The molecule has 6 nitrogen and oxygen atoms in total. The molecule has 8 heteroatoms. The van der Waals surface area contributed by atoms with Crippen molar-refractivity contribution in [2.24, 2.45) is 0 Å². The van der Waals surface area contributed by atoms with E-state index < -0.39 is 16.9 Å². The van der Waals surface area contributed by atoms with Crippen molar-refractivity contribution >= 4 is 132 Å². The van der Waals surface area contributed by atoms with Crippen molar-refractivity contribution in [2.45, 2.75) is 52.6 Å². The van der Waals surface area contributed by atoms with E-state index in [9.17, 15) is 10.5 Å². The molecule has 0 amide bonds. The van der Waals surface area contributed by atoms with Gasteiger partial charge in [-0.1, -0.05) is 177 Å². The highest BCUT2D eigenvalue weighted by Crippen LogP contribution is 2.51. The van der Waals surface area contributed by atoms with Crippen LogP contribution in [0.25, 0.3) is 98.4 Å². The number of hydrogen-bond acceptors (Lipinski definition) is 6. The van der Waals surface area contributed by atoms with Gasteiger partial charge in [-0.25, -0.2) is 0 Å². The molecule has 14 rings (SSSR count). The fourth-order valence-electron chi connectivity index (χ4n) is 12.8. The van der Waals surface area contributed by atoms with Gasteiger partial charge in [0.1, 0.15) is 11.2 Å². The van der Waals surface area contributed by atoms with Crippen LogP contribution in [0.15, 0.2) is 215 Å². The standard InChI is InChI=1S/C74H58N4O2Si2/c1-45-40-49(44-81(3)4)24-34-55(45)57-12-8-14-59-61-16-10-18-67(73(61)79-71(57)59)77(52-29-20-47(42-75)21-30-52)65-38-27-50-26-36-64-66(39-28-51-25-35-63(65)69(50)70(51)64)78(53-31-22-48(43-76)23-32-53)68-19-11-17-62-60-15-9-13-58(72(60)80-74(62)68)56-37-33-54(41-46(56)2)82(5,6)7/h8-41,81H,44H2,1-7H3. The molecule has 0 spiro atoms. The van der Waals surface area contributed by atoms with Crippen LogP contribution in [0.4, 0.5) is 34.1 Å². The van der Waals surface area contributed by atoms with Gasteiger partial charge in [-0.15, -0.1) is 0 Å². The molecule has 0 aliphatic heterocycles. The van der Waals surface area contributed by atoms with Crippen LogP contribution in [0.3, 0.4) is 0 Å². The van der Waals surface area contributed by atoms with E-state index in [2.05, 4.69) is 226 Å². The van der Waals surface area contributed by atoms with Crippen molar-refractivity contribution in [1.82, 2.24) is 0 Å². The lowest BCUT2D eigenvalue weighted by Crippen LogP contribution is -2.37. The summed E-state index contributed by atoms with van der Waals surface area (Å²) in [5.41, 5.74) is 18.3. The highest BCUT2D eigenvalue weighted by atomic mass is 28.3. The van der Waals surface area contributed by atoms with Crippen LogP contribution in [-0.4, -0.2) is 16.9 Å². The molecule has 0 saturated heterocycles. The highest BCUT2D eigenvalue weighted by molar-refractivity contribution is 6.88. The zero-order valence-electron chi connectivity index (χ0n) is 47.0. The third-order valence-corrected chi connectivity index (χ3v) is 20.0. The first-order valence-corrected chi connectivity index (χ1v) is 34.9. The summed E-state index contributed by atoms with van der Waals surface area (Å²) in [6.07, 6.45) is 0. The van der Waals surface area contributed by atoms with Gasteiger partial charge in [0, 0.05) is 63.6 Å². The van der Waals surface area contributed by atoms with Crippen molar-refractivity contribution < 1.29 is 8.83 Å². The summed E-state index contributed by atoms with van der Waals surface area (Å²) in [6.45, 7) is 16.4. The number of nitriles is 2. The molecule has 82 heavy (non-hydrogen) atoms. The van der Waals surface area contributed by atoms with E-state index in [4.69, 9.17) is 8.83 Å². The fraction of sp³-hybridized carbons (Fsp3) is 0.108. The maximum absolute atomic E-state index is 10.0. The number of para-hydroxylation sites is 4. The molecular formula is C74H58N4O2Si2. The number of hydrogen-bond donors (Lipinski definition) is 0. The molecule has 394 valence electrons. The maximum Gasteiger partial charge on any atom is 0.159 e. The lowest BCUT2D eigenvalue weighted by molar-refractivity contribution is 0.670. The molecule has 2 heterocycles. The first-order chi connectivity index (χ1) is 39.8. The normalized spacial score (nSPS) is 12.0. The van der Waals surface area contributed by atoms with E-state index >= 15 is 0 Å². The number of rotatable bonds is 11. The number of furan rings is 2. The van der Waals surface area contributed by atoms with Crippen molar-refractivity contribution in [1.29, 1.82) is 10.5 Å². The third kappa shape index (κ3) is 8.25. The van der Waals surface area contributed by atoms with Crippen LogP contribution < -0.4 is 15.0 Å². The summed E-state index contributed by atoms with van der Waals surface area (Å²) in [7, 11) is -2.32. The summed E-state index contributed by atoms with van der Waals surface area (Å²) in [4.78, 5) is 4.60. The maximum atomic E-state index is 10.0. The van der Waals surface area contributed by atoms with E-state index in [0.717, 1.165) is 121 Å². The molecule has 14 aromatic rings. The van der Waals surface area contributed by atoms with Gasteiger partial charge >= 0.3 is 0 Å². The number of aryl methyl sites for hydroxylation is 2. The Hall–Kier alpha value is -9.71. The molecule has 0 radical (unpaired) electrons. The quantitative estimate of drug-likeness (QED) is 0.0948. The number of nitrogens with zero attached hydrogens (tertiary/aromatic N) is 4. The molecule has 0 atom stereocenters. The Morgan fingerprint density at radius 3 is 1.27 bits per heavy atom. The second kappa shape index (κ2) is 19.5. The predicted octanol–water partition coefficient (Wildman–Crippen LogP) is 20.1. The van der Waals surface area contributed by atoms with Gasteiger partial charge in [-0.2, -0.15) is 10.5 Å². The van der Waals surface area contributed by atoms with Crippen LogP contribution in [0.1, 0.15) is 27.8 Å². The molecule has 0 unspecified atom stereocenters. The average Bonchev–Trinajstić information content (AvgIpc) is 1.71. The molecule has 0 aliphatic rings. The van der Waals surface area contributed by atoms with Gasteiger partial charge < -0.3 is 18.6 Å². The van der Waals surface area contributed by atoms with Crippen molar-refractivity contribution in [2.75, 3.05) is 9.80 Å². The summed E-state index contributed by atoms with van der Waals surface area (Å²) in [5.74, 6) is 0. The van der Waals surface area contributed by atoms with Crippen LogP contribution in [0.5, 0.6) is 0 Å². The number of anilines is 6. The zero-order valence-corrected chi connectivity index (χ0v) is 49.2. The van der Waals surface area contributed by atoms with Gasteiger partial charge in [-0.05, 0) is 136 Å². The zero-order chi connectivity index (χ0) is 56.1. The first kappa shape index (κ1) is 50.5. The van der Waals surface area contributed by atoms with Gasteiger partial charge in [0.2, 0.25) is 0 Å². The average molecular weight is 1090 g/mol. The molecule has 0 N–H and O–H groups in total. The Labute approximate surface area is 479 Å². The Kier molecular flexibility index (Phi) is 12.0. The molecule has 0 bridgehead atoms. The van der Waals surface area contributed by atoms with Gasteiger partial charge in [0.25, 0.3) is 0 Å². The Bertz CT molecular complexity index is 4970. The van der Waals surface area contributed by atoms with E-state index in [1.807, 2.05) is 48.5 Å². The smallest absolute Gasteiger partial charge is 0.159 e. The minimum Gasteiger partial charge on any atom is -0.453 e. The van der Waals surface area contributed by atoms with Crippen molar-refractivity contribution in [3.63, 3.8) is 0 Å². The summed E-state index contributed by atoms with van der Waals surface area (Å²) in [6, 6.07) is 79.2. The topological polar surface area (TPSA) is 80.3 Å². The Balaban J connectivity index is 0.973. The molecular weight excluding hydrogens is 1030 g/mol. The van der Waals surface area contributed by atoms with Crippen LogP contribution in [0.2, 0.25) is 32.7 Å². The summed E-state index contributed by atoms with van der Waals surface area (Å²) >= 11 is 0. The molecule has 2 aromatic heterocycles. The fourth-order valence-corrected chi connectivity index (χ4v) is 15.2. The SMILES string of the molecule is Cc1cc(C[SiH](C)C)ccc1-c1cccc2c1oc1c(N(c3ccc(C#N)cc3)c3ccc4ccc5c(N(c6ccc(C#N)cc6)c6cccc7c6oc6c(-c8ccc([Si](C)(C)C)cc8C)cccc67)ccc6ccc3c4c65)cccc12. The molecule has 0 fully saturated rings. The molecule has 0 aliphatic carbocycles. The van der Waals surface area contributed by atoms with Crippen LogP contribution in [-0.2, 0) is 6.04 Å². The van der Waals surface area contributed by atoms with Crippen molar-refractivity contribution in [3.05, 3.63) is 234 Å². The molecule has 12 aromatic carbocycles.